The van der Waals surface area contributed by atoms with Crippen LogP contribution in [0.1, 0.15) is 27.2 Å². The van der Waals surface area contributed by atoms with Gasteiger partial charge in [0.15, 0.2) is 0 Å². The first kappa shape index (κ1) is 16.5. The lowest BCUT2D eigenvalue weighted by molar-refractivity contribution is -0.141. The van der Waals surface area contributed by atoms with Crippen molar-refractivity contribution < 1.29 is 9.53 Å². The molecule has 0 fully saturated rings. The van der Waals surface area contributed by atoms with Gasteiger partial charge in [-0.1, -0.05) is 25.4 Å². The second-order valence-electron chi connectivity index (χ2n) is 4.84. The largest absolute Gasteiger partial charge is 0.467 e. The van der Waals surface area contributed by atoms with Gasteiger partial charge in [0.1, 0.15) is 11.1 Å². The Morgan fingerprint density at radius 1 is 1.55 bits per heavy atom. The normalized spacial score (nSPS) is 12.3. The molecule has 1 rings (SSSR count). The van der Waals surface area contributed by atoms with Crippen molar-refractivity contribution in [1.82, 2.24) is 9.78 Å². The van der Waals surface area contributed by atoms with Crippen LogP contribution in [0.3, 0.4) is 0 Å². The van der Waals surface area contributed by atoms with Crippen molar-refractivity contribution in [3.63, 3.8) is 0 Å². The third-order valence-electron chi connectivity index (χ3n) is 2.81. The molecule has 0 aliphatic heterocycles. The highest BCUT2D eigenvalue weighted by Gasteiger charge is 2.22. The Morgan fingerprint density at radius 3 is 2.70 bits per heavy atom. The monoisotopic (exact) mass is 301 g/mol. The molecule has 1 aromatic rings. The molecule has 0 saturated carbocycles. The summed E-state index contributed by atoms with van der Waals surface area (Å²) in [6.07, 6.45) is 2.02. The van der Waals surface area contributed by atoms with Gasteiger partial charge in [-0.15, -0.1) is 0 Å². The van der Waals surface area contributed by atoms with E-state index in [1.165, 1.54) is 18.0 Å². The van der Waals surface area contributed by atoms with Gasteiger partial charge in [0.2, 0.25) is 0 Å². The number of methoxy groups -OCH3 is 1. The van der Waals surface area contributed by atoms with E-state index in [4.69, 9.17) is 16.3 Å². The average Bonchev–Trinajstić information content (AvgIpc) is 2.41. The third kappa shape index (κ3) is 3.96. The summed E-state index contributed by atoms with van der Waals surface area (Å²) in [7, 11) is 1.33. The number of hydrogen-bond donors (Lipinski definition) is 1. The minimum Gasteiger partial charge on any atom is -0.467 e. The quantitative estimate of drug-likeness (QED) is 0.813. The zero-order valence-electron chi connectivity index (χ0n) is 12.1. The van der Waals surface area contributed by atoms with Gasteiger partial charge in [-0.2, -0.15) is 5.10 Å². The number of carbonyl (C=O) groups is 1. The number of anilines is 1. The Bertz CT molecular complexity index is 528. The molecule has 1 N–H and O–H groups in total. The third-order valence-corrected chi connectivity index (χ3v) is 3.17. The number of ether oxygens (including phenoxy) is 1. The summed E-state index contributed by atoms with van der Waals surface area (Å²) in [4.78, 5) is 23.6. The molecule has 1 atom stereocenters. The van der Waals surface area contributed by atoms with Crippen molar-refractivity contribution in [3.05, 3.63) is 21.6 Å². The Kier molecular flexibility index (Phi) is 6.01. The molecule has 0 bridgehead atoms. The van der Waals surface area contributed by atoms with Crippen LogP contribution in [0.4, 0.5) is 5.69 Å². The van der Waals surface area contributed by atoms with Crippen LogP contribution in [0.25, 0.3) is 0 Å². The molecule has 1 heterocycles. The standard InChI is InChI=1S/C13H20ClN3O3/c1-5-17-12(18)11(14)10(7-15-17)16-9(6-8(2)3)13(19)20-4/h7-9,16H,5-6H2,1-4H3. The highest BCUT2D eigenvalue weighted by Crippen LogP contribution is 2.19. The average molecular weight is 302 g/mol. The smallest absolute Gasteiger partial charge is 0.328 e. The van der Waals surface area contributed by atoms with Crippen LogP contribution in [-0.2, 0) is 16.1 Å². The van der Waals surface area contributed by atoms with E-state index in [1.807, 2.05) is 13.8 Å². The highest BCUT2D eigenvalue weighted by molar-refractivity contribution is 6.33. The van der Waals surface area contributed by atoms with Gasteiger partial charge < -0.3 is 10.1 Å². The molecule has 0 aliphatic carbocycles. The summed E-state index contributed by atoms with van der Waals surface area (Å²) in [6, 6.07) is -0.559. The van der Waals surface area contributed by atoms with E-state index in [1.54, 1.807) is 6.92 Å². The summed E-state index contributed by atoms with van der Waals surface area (Å²) >= 11 is 6.02. The number of rotatable bonds is 6. The second-order valence-corrected chi connectivity index (χ2v) is 5.22. The summed E-state index contributed by atoms with van der Waals surface area (Å²) in [5.74, 6) is -0.108. The fraction of sp³-hybridized carbons (Fsp3) is 0.615. The summed E-state index contributed by atoms with van der Waals surface area (Å²) in [5, 5.41) is 6.95. The lowest BCUT2D eigenvalue weighted by atomic mass is 10.0. The van der Waals surface area contributed by atoms with Crippen LogP contribution in [0.15, 0.2) is 11.0 Å². The van der Waals surface area contributed by atoms with Crippen molar-refractivity contribution in [3.8, 4) is 0 Å². The lowest BCUT2D eigenvalue weighted by Gasteiger charge is -2.19. The minimum atomic E-state index is -0.559. The zero-order valence-corrected chi connectivity index (χ0v) is 12.9. The number of aryl methyl sites for hydroxylation is 1. The molecule has 6 nitrogen and oxygen atoms in total. The first-order valence-electron chi connectivity index (χ1n) is 6.50. The predicted octanol–water partition coefficient (Wildman–Crippen LogP) is 1.92. The van der Waals surface area contributed by atoms with Gasteiger partial charge in [0.05, 0.1) is 19.0 Å². The molecule has 7 heteroatoms. The Balaban J connectivity index is 3.02. The number of nitrogens with zero attached hydrogens (tertiary/aromatic N) is 2. The number of aromatic nitrogens is 2. The fourth-order valence-corrected chi connectivity index (χ4v) is 2.01. The second kappa shape index (κ2) is 7.28. The topological polar surface area (TPSA) is 73.2 Å². The molecule has 0 aromatic carbocycles. The molecule has 0 radical (unpaired) electrons. The number of hydrogen-bond acceptors (Lipinski definition) is 5. The van der Waals surface area contributed by atoms with E-state index < -0.39 is 12.0 Å². The maximum Gasteiger partial charge on any atom is 0.328 e. The summed E-state index contributed by atoms with van der Waals surface area (Å²) in [6.45, 7) is 6.22. The van der Waals surface area contributed by atoms with Gasteiger partial charge in [-0.3, -0.25) is 4.79 Å². The molecule has 0 aliphatic rings. The van der Waals surface area contributed by atoms with Gasteiger partial charge in [-0.05, 0) is 19.3 Å². The predicted molar refractivity (Wildman–Crippen MR) is 78.1 cm³/mol. The Morgan fingerprint density at radius 2 is 2.20 bits per heavy atom. The van der Waals surface area contributed by atoms with Crippen molar-refractivity contribution in [2.75, 3.05) is 12.4 Å². The van der Waals surface area contributed by atoms with Crippen LogP contribution >= 0.6 is 11.6 Å². The van der Waals surface area contributed by atoms with E-state index in [0.29, 0.717) is 18.7 Å². The maximum absolute atomic E-state index is 11.9. The molecule has 1 aromatic heterocycles. The van der Waals surface area contributed by atoms with Crippen molar-refractivity contribution >= 4 is 23.3 Å². The van der Waals surface area contributed by atoms with Crippen LogP contribution in [0.5, 0.6) is 0 Å². The highest BCUT2D eigenvalue weighted by atomic mass is 35.5. The molecule has 0 saturated heterocycles. The maximum atomic E-state index is 11.9. The van der Waals surface area contributed by atoms with Crippen LogP contribution in [-0.4, -0.2) is 28.9 Å². The van der Waals surface area contributed by atoms with E-state index in [9.17, 15) is 9.59 Å². The zero-order chi connectivity index (χ0) is 15.3. The number of nitrogens with one attached hydrogen (secondary N) is 1. The van der Waals surface area contributed by atoms with Crippen LogP contribution in [0.2, 0.25) is 5.02 Å². The molecular formula is C13H20ClN3O3. The van der Waals surface area contributed by atoms with Crippen molar-refractivity contribution in [1.29, 1.82) is 0 Å². The minimum absolute atomic E-state index is 0.0273. The van der Waals surface area contributed by atoms with Crippen molar-refractivity contribution in [2.45, 2.75) is 39.8 Å². The molecule has 112 valence electrons. The van der Waals surface area contributed by atoms with Gasteiger partial charge in [0.25, 0.3) is 5.56 Å². The first-order valence-corrected chi connectivity index (χ1v) is 6.88. The Labute approximate surface area is 123 Å². The molecule has 20 heavy (non-hydrogen) atoms. The lowest BCUT2D eigenvalue weighted by Crippen LogP contribution is -2.33. The number of esters is 1. The molecule has 0 spiro atoms. The van der Waals surface area contributed by atoms with E-state index in [0.717, 1.165) is 0 Å². The van der Waals surface area contributed by atoms with Crippen LogP contribution < -0.4 is 10.9 Å². The fourth-order valence-electron chi connectivity index (χ4n) is 1.81. The van der Waals surface area contributed by atoms with Gasteiger partial charge >= 0.3 is 5.97 Å². The summed E-state index contributed by atoms with van der Waals surface area (Å²) < 4.78 is 6.01. The van der Waals surface area contributed by atoms with E-state index in [2.05, 4.69) is 10.4 Å². The van der Waals surface area contributed by atoms with E-state index in [-0.39, 0.29) is 16.5 Å². The number of halogens is 1. The van der Waals surface area contributed by atoms with Gasteiger partial charge in [0, 0.05) is 6.54 Å². The van der Waals surface area contributed by atoms with Gasteiger partial charge in [-0.25, -0.2) is 9.48 Å². The number of carbonyl (C=O) groups excluding carboxylic acids is 1. The SMILES string of the molecule is CCn1ncc(NC(CC(C)C)C(=O)OC)c(Cl)c1=O. The van der Waals surface area contributed by atoms with Crippen molar-refractivity contribution in [2.24, 2.45) is 5.92 Å². The first-order chi connectivity index (χ1) is 9.40. The molecule has 1 unspecified atom stereocenters. The summed E-state index contributed by atoms with van der Waals surface area (Å²) in [5.41, 5.74) is -0.0373. The Hall–Kier alpha value is -1.56. The molecular weight excluding hydrogens is 282 g/mol. The van der Waals surface area contributed by atoms with E-state index >= 15 is 0 Å². The molecule has 0 amide bonds. The van der Waals surface area contributed by atoms with Crippen LogP contribution in [0, 0.1) is 5.92 Å².